The van der Waals surface area contributed by atoms with E-state index in [1.807, 2.05) is 25.1 Å². The van der Waals surface area contributed by atoms with Crippen molar-refractivity contribution in [3.05, 3.63) is 29.8 Å². The van der Waals surface area contributed by atoms with Crippen LogP contribution in [0.25, 0.3) is 0 Å². The number of hydrogen-bond donors (Lipinski definition) is 2. The van der Waals surface area contributed by atoms with Crippen LogP contribution in [0.3, 0.4) is 0 Å². The molecule has 3 atom stereocenters. The SMILES string of the molecule is Cc1cccc(NC(=O)C(C)OC(=O)[C@@H]2CC(O)CN2C(=O)C23CC4CC(CC(C4)C2)C3)c1. The van der Waals surface area contributed by atoms with E-state index in [2.05, 4.69) is 5.32 Å². The number of benzene rings is 1. The number of aliphatic hydroxyl groups excluding tert-OH is 1. The molecule has 0 radical (unpaired) electrons. The molecule has 5 fully saturated rings. The molecule has 178 valence electrons. The first-order chi connectivity index (χ1) is 15.7. The van der Waals surface area contributed by atoms with E-state index in [1.165, 1.54) is 26.2 Å². The van der Waals surface area contributed by atoms with Crippen LogP contribution in [0.15, 0.2) is 24.3 Å². The van der Waals surface area contributed by atoms with Crippen LogP contribution in [-0.2, 0) is 19.1 Å². The third kappa shape index (κ3) is 4.27. The Morgan fingerprint density at radius 1 is 1.09 bits per heavy atom. The molecule has 7 nitrogen and oxygen atoms in total. The van der Waals surface area contributed by atoms with Gasteiger partial charge in [0.2, 0.25) is 5.91 Å². The van der Waals surface area contributed by atoms with Crippen LogP contribution >= 0.6 is 0 Å². The minimum absolute atomic E-state index is 0.0111. The molecule has 0 spiro atoms. The first kappa shape index (κ1) is 22.4. The van der Waals surface area contributed by atoms with Crippen molar-refractivity contribution < 1.29 is 24.2 Å². The van der Waals surface area contributed by atoms with Gasteiger partial charge in [0.15, 0.2) is 6.10 Å². The zero-order chi connectivity index (χ0) is 23.3. The topological polar surface area (TPSA) is 95.9 Å². The number of nitrogens with zero attached hydrogens (tertiary/aromatic N) is 1. The molecule has 4 bridgehead atoms. The highest BCUT2D eigenvalue weighted by atomic mass is 16.5. The molecule has 33 heavy (non-hydrogen) atoms. The maximum absolute atomic E-state index is 13.8. The van der Waals surface area contributed by atoms with E-state index in [0.29, 0.717) is 23.4 Å². The molecular formula is C26H34N2O5. The Balaban J connectivity index is 1.25. The summed E-state index contributed by atoms with van der Waals surface area (Å²) in [7, 11) is 0. The van der Waals surface area contributed by atoms with Crippen LogP contribution in [0.5, 0.6) is 0 Å². The van der Waals surface area contributed by atoms with Crippen LogP contribution < -0.4 is 5.32 Å². The lowest BCUT2D eigenvalue weighted by Crippen LogP contribution is -2.56. The number of ether oxygens (including phenoxy) is 1. The number of esters is 1. The average Bonchev–Trinajstić information content (AvgIpc) is 3.14. The molecule has 1 saturated heterocycles. The van der Waals surface area contributed by atoms with Crippen molar-refractivity contribution in [3.8, 4) is 0 Å². The van der Waals surface area contributed by atoms with Gasteiger partial charge in [-0.1, -0.05) is 12.1 Å². The smallest absolute Gasteiger partial charge is 0.329 e. The lowest BCUT2D eigenvalue weighted by atomic mass is 9.49. The Morgan fingerprint density at radius 3 is 2.33 bits per heavy atom. The Kier molecular flexibility index (Phi) is 5.71. The maximum Gasteiger partial charge on any atom is 0.329 e. The minimum atomic E-state index is -1.01. The largest absolute Gasteiger partial charge is 0.451 e. The molecule has 6 rings (SSSR count). The van der Waals surface area contributed by atoms with Crippen LogP contribution in [0.1, 0.15) is 57.4 Å². The third-order valence-corrected chi connectivity index (χ3v) is 8.25. The summed E-state index contributed by atoms with van der Waals surface area (Å²) in [6.07, 6.45) is 4.80. The van der Waals surface area contributed by atoms with Crippen molar-refractivity contribution in [2.45, 2.75) is 77.0 Å². The van der Waals surface area contributed by atoms with E-state index in [0.717, 1.165) is 24.8 Å². The van der Waals surface area contributed by atoms with Gasteiger partial charge in [-0.3, -0.25) is 9.59 Å². The highest BCUT2D eigenvalue weighted by molar-refractivity contribution is 5.96. The van der Waals surface area contributed by atoms with Gasteiger partial charge < -0.3 is 20.1 Å². The number of likely N-dealkylation sites (tertiary alicyclic amines) is 1. The summed E-state index contributed by atoms with van der Waals surface area (Å²) in [5, 5.41) is 13.1. The fraction of sp³-hybridized carbons (Fsp3) is 0.654. The lowest BCUT2D eigenvalue weighted by molar-refractivity contribution is -0.168. The van der Waals surface area contributed by atoms with Crippen molar-refractivity contribution >= 4 is 23.5 Å². The molecule has 2 amide bonds. The monoisotopic (exact) mass is 454 g/mol. The van der Waals surface area contributed by atoms with Crippen molar-refractivity contribution in [2.75, 3.05) is 11.9 Å². The van der Waals surface area contributed by atoms with Gasteiger partial charge in [-0.05, 0) is 87.8 Å². The first-order valence-electron chi connectivity index (χ1n) is 12.3. The molecule has 5 aliphatic rings. The van der Waals surface area contributed by atoms with E-state index in [9.17, 15) is 19.5 Å². The summed E-state index contributed by atoms with van der Waals surface area (Å²) >= 11 is 0. The zero-order valence-corrected chi connectivity index (χ0v) is 19.5. The van der Waals surface area contributed by atoms with Crippen molar-refractivity contribution in [1.29, 1.82) is 0 Å². The summed E-state index contributed by atoms with van der Waals surface area (Å²) in [5.74, 6) is 0.815. The Morgan fingerprint density at radius 2 is 1.73 bits per heavy atom. The maximum atomic E-state index is 13.8. The summed E-state index contributed by atoms with van der Waals surface area (Å²) < 4.78 is 5.49. The normalized spacial score (nSPS) is 35.4. The molecule has 4 aliphatic carbocycles. The van der Waals surface area contributed by atoms with Crippen LogP contribution in [0.4, 0.5) is 5.69 Å². The highest BCUT2D eigenvalue weighted by Crippen LogP contribution is 2.60. The molecule has 0 aromatic heterocycles. The van der Waals surface area contributed by atoms with Crippen LogP contribution in [0.2, 0.25) is 0 Å². The number of aryl methyl sites for hydroxylation is 1. The van der Waals surface area contributed by atoms with Crippen molar-refractivity contribution in [3.63, 3.8) is 0 Å². The summed E-state index contributed by atoms with van der Waals surface area (Å²) in [4.78, 5) is 41.0. The number of amides is 2. The Hall–Kier alpha value is -2.41. The highest BCUT2D eigenvalue weighted by Gasteiger charge is 2.57. The molecule has 1 aliphatic heterocycles. The molecule has 4 saturated carbocycles. The van der Waals surface area contributed by atoms with Gasteiger partial charge >= 0.3 is 5.97 Å². The molecule has 1 aromatic rings. The van der Waals surface area contributed by atoms with Gasteiger partial charge in [0.05, 0.1) is 11.5 Å². The van der Waals surface area contributed by atoms with Gasteiger partial charge in [0.1, 0.15) is 6.04 Å². The summed E-state index contributed by atoms with van der Waals surface area (Å²) in [6.45, 7) is 3.61. The Labute approximate surface area is 194 Å². The number of anilines is 1. The number of aliphatic hydroxyl groups is 1. The number of β-amino-alcohol motifs (C(OH)–C–C–N with tert-alkyl or cyclic N) is 1. The van der Waals surface area contributed by atoms with Gasteiger partial charge in [0, 0.05) is 18.7 Å². The second-order valence-corrected chi connectivity index (χ2v) is 11.0. The lowest BCUT2D eigenvalue weighted by Gasteiger charge is -2.56. The van der Waals surface area contributed by atoms with Crippen molar-refractivity contribution in [2.24, 2.45) is 23.2 Å². The standard InChI is InChI=1S/C26H34N2O5/c1-15-4-3-5-20(6-15)27-23(30)16(2)33-24(31)22-10-21(29)14-28(22)25(32)26-11-17-7-18(12-26)9-19(8-17)13-26/h3-6,16-19,21-22,29H,7-14H2,1-2H3,(H,27,30)/t16?,17?,18?,19?,21?,22-,26?/m0/s1. The molecular weight excluding hydrogens is 420 g/mol. The van der Waals surface area contributed by atoms with E-state index in [-0.39, 0.29) is 24.3 Å². The van der Waals surface area contributed by atoms with E-state index >= 15 is 0 Å². The molecule has 2 unspecified atom stereocenters. The first-order valence-corrected chi connectivity index (χ1v) is 12.3. The summed E-state index contributed by atoms with van der Waals surface area (Å²) in [6, 6.07) is 6.55. The quantitative estimate of drug-likeness (QED) is 0.667. The summed E-state index contributed by atoms with van der Waals surface area (Å²) in [5.41, 5.74) is 1.26. The fourth-order valence-corrected chi connectivity index (χ4v) is 7.21. The zero-order valence-electron chi connectivity index (χ0n) is 19.5. The number of rotatable bonds is 5. The minimum Gasteiger partial charge on any atom is -0.451 e. The predicted octanol–water partition coefficient (Wildman–Crippen LogP) is 3.04. The third-order valence-electron chi connectivity index (χ3n) is 8.25. The molecule has 7 heteroatoms. The van der Waals surface area contributed by atoms with Gasteiger partial charge in [-0.15, -0.1) is 0 Å². The van der Waals surface area contributed by atoms with Crippen LogP contribution in [0, 0.1) is 30.1 Å². The molecule has 1 aromatic carbocycles. The number of carbonyl (C=O) groups is 3. The predicted molar refractivity (Wildman–Crippen MR) is 122 cm³/mol. The van der Waals surface area contributed by atoms with E-state index in [4.69, 9.17) is 4.74 Å². The number of carbonyl (C=O) groups excluding carboxylic acids is 3. The second-order valence-electron chi connectivity index (χ2n) is 11.0. The average molecular weight is 455 g/mol. The van der Waals surface area contributed by atoms with Gasteiger partial charge in [-0.25, -0.2) is 4.79 Å². The number of hydrogen-bond acceptors (Lipinski definition) is 5. The molecule has 1 heterocycles. The van der Waals surface area contributed by atoms with Gasteiger partial charge in [-0.2, -0.15) is 0 Å². The second kappa shape index (κ2) is 8.42. The van der Waals surface area contributed by atoms with E-state index < -0.39 is 30.1 Å². The molecule has 2 N–H and O–H groups in total. The van der Waals surface area contributed by atoms with Crippen molar-refractivity contribution in [1.82, 2.24) is 4.90 Å². The number of nitrogens with one attached hydrogen (secondary N) is 1. The van der Waals surface area contributed by atoms with Crippen LogP contribution in [-0.4, -0.2) is 52.6 Å². The fourth-order valence-electron chi connectivity index (χ4n) is 7.21. The van der Waals surface area contributed by atoms with Gasteiger partial charge in [0.25, 0.3) is 5.91 Å². The van der Waals surface area contributed by atoms with E-state index in [1.54, 1.807) is 11.0 Å². The Bertz CT molecular complexity index is 924.